The van der Waals surface area contributed by atoms with Gasteiger partial charge in [-0.25, -0.2) is 0 Å². The number of hydrogen-bond acceptors (Lipinski definition) is 5. The first kappa shape index (κ1) is 20.3. The van der Waals surface area contributed by atoms with Gasteiger partial charge in [0.25, 0.3) is 5.91 Å². The fourth-order valence-corrected chi connectivity index (χ4v) is 3.33. The summed E-state index contributed by atoms with van der Waals surface area (Å²) in [6.45, 7) is 4.22. The highest BCUT2D eigenvalue weighted by Crippen LogP contribution is 2.31. The number of pyridine rings is 2. The Labute approximate surface area is 180 Å². The quantitative estimate of drug-likeness (QED) is 0.477. The SMILES string of the molecule is COc1ccc(NC(=O)c2cc3cc(C)ccc3nc2C)cc1OCc1ccncc1. The molecule has 2 aromatic heterocycles. The molecule has 0 fully saturated rings. The van der Waals surface area contributed by atoms with E-state index in [1.165, 1.54) is 0 Å². The average Bonchev–Trinajstić information content (AvgIpc) is 2.78. The van der Waals surface area contributed by atoms with Crippen molar-refractivity contribution in [2.24, 2.45) is 0 Å². The van der Waals surface area contributed by atoms with Gasteiger partial charge in [-0.15, -0.1) is 0 Å². The van der Waals surface area contributed by atoms with Crippen molar-refractivity contribution < 1.29 is 14.3 Å². The standard InChI is InChI=1S/C25H23N3O3/c1-16-4-6-22-19(12-16)13-21(17(2)27-22)25(29)28-20-5-7-23(30-3)24(14-20)31-15-18-8-10-26-11-9-18/h4-14H,15H2,1-3H3,(H,28,29). The van der Waals surface area contributed by atoms with Crippen LogP contribution >= 0.6 is 0 Å². The Balaban J connectivity index is 1.56. The number of nitrogens with one attached hydrogen (secondary N) is 1. The summed E-state index contributed by atoms with van der Waals surface area (Å²) < 4.78 is 11.3. The van der Waals surface area contributed by atoms with Crippen LogP contribution < -0.4 is 14.8 Å². The molecular weight excluding hydrogens is 390 g/mol. The van der Waals surface area contributed by atoms with Crippen LogP contribution in [-0.4, -0.2) is 23.0 Å². The molecule has 0 bridgehead atoms. The summed E-state index contributed by atoms with van der Waals surface area (Å²) in [5, 5.41) is 3.88. The van der Waals surface area contributed by atoms with Crippen LogP contribution in [0.25, 0.3) is 10.9 Å². The first-order valence-corrected chi connectivity index (χ1v) is 9.92. The van der Waals surface area contributed by atoms with E-state index in [4.69, 9.17) is 9.47 Å². The van der Waals surface area contributed by atoms with E-state index in [2.05, 4.69) is 15.3 Å². The minimum atomic E-state index is -0.223. The zero-order valence-corrected chi connectivity index (χ0v) is 17.7. The van der Waals surface area contributed by atoms with Crippen molar-refractivity contribution >= 4 is 22.5 Å². The van der Waals surface area contributed by atoms with Gasteiger partial charge in [-0.05, 0) is 61.9 Å². The molecule has 1 N–H and O–H groups in total. The van der Waals surface area contributed by atoms with Crippen LogP contribution in [0.5, 0.6) is 11.5 Å². The third-order valence-electron chi connectivity index (χ3n) is 4.97. The van der Waals surface area contributed by atoms with Gasteiger partial charge in [0.05, 0.1) is 23.9 Å². The van der Waals surface area contributed by atoms with E-state index in [0.29, 0.717) is 35.1 Å². The van der Waals surface area contributed by atoms with Gasteiger partial charge in [0.2, 0.25) is 0 Å². The molecule has 156 valence electrons. The van der Waals surface area contributed by atoms with Crippen molar-refractivity contribution in [2.45, 2.75) is 20.5 Å². The van der Waals surface area contributed by atoms with E-state index in [-0.39, 0.29) is 5.91 Å². The molecule has 0 aliphatic rings. The molecular formula is C25H23N3O3. The highest BCUT2D eigenvalue weighted by Gasteiger charge is 2.14. The van der Waals surface area contributed by atoms with E-state index in [1.54, 1.807) is 37.7 Å². The molecule has 0 aliphatic heterocycles. The summed E-state index contributed by atoms with van der Waals surface area (Å²) in [4.78, 5) is 21.6. The molecule has 2 heterocycles. The minimum absolute atomic E-state index is 0.223. The molecule has 2 aromatic carbocycles. The van der Waals surface area contributed by atoms with E-state index in [0.717, 1.165) is 22.0 Å². The second-order valence-electron chi connectivity index (χ2n) is 7.28. The fraction of sp³-hybridized carbons (Fsp3) is 0.160. The molecule has 0 unspecified atom stereocenters. The maximum atomic E-state index is 13.0. The highest BCUT2D eigenvalue weighted by molar-refractivity contribution is 6.07. The number of carbonyl (C=O) groups is 1. The van der Waals surface area contributed by atoms with Gasteiger partial charge < -0.3 is 14.8 Å². The van der Waals surface area contributed by atoms with Crippen LogP contribution in [-0.2, 0) is 6.61 Å². The zero-order valence-electron chi connectivity index (χ0n) is 17.7. The summed E-state index contributed by atoms with van der Waals surface area (Å²) in [6, 6.07) is 17.0. The molecule has 4 aromatic rings. The number of methoxy groups -OCH3 is 1. The topological polar surface area (TPSA) is 73.3 Å². The van der Waals surface area contributed by atoms with Gasteiger partial charge in [-0.2, -0.15) is 0 Å². The summed E-state index contributed by atoms with van der Waals surface area (Å²) in [5.74, 6) is 0.908. The average molecular weight is 413 g/mol. The van der Waals surface area contributed by atoms with Crippen LogP contribution in [0.15, 0.2) is 67.0 Å². The Morgan fingerprint density at radius 3 is 2.55 bits per heavy atom. The third-order valence-corrected chi connectivity index (χ3v) is 4.97. The van der Waals surface area contributed by atoms with Gasteiger partial charge in [0.1, 0.15) is 6.61 Å². The highest BCUT2D eigenvalue weighted by atomic mass is 16.5. The number of nitrogens with zero attached hydrogens (tertiary/aromatic N) is 2. The lowest BCUT2D eigenvalue weighted by atomic mass is 10.1. The second-order valence-corrected chi connectivity index (χ2v) is 7.28. The molecule has 0 saturated carbocycles. The first-order valence-electron chi connectivity index (χ1n) is 9.92. The largest absolute Gasteiger partial charge is 0.493 e. The van der Waals surface area contributed by atoms with Crippen LogP contribution in [0.3, 0.4) is 0 Å². The van der Waals surface area contributed by atoms with Crippen molar-refractivity contribution in [1.29, 1.82) is 0 Å². The van der Waals surface area contributed by atoms with E-state index >= 15 is 0 Å². The van der Waals surface area contributed by atoms with Crippen molar-refractivity contribution in [3.8, 4) is 11.5 Å². The Kier molecular flexibility index (Phi) is 5.80. The maximum Gasteiger partial charge on any atom is 0.257 e. The molecule has 4 rings (SSSR count). The number of fused-ring (bicyclic) bond motifs is 1. The lowest BCUT2D eigenvalue weighted by Gasteiger charge is -2.14. The van der Waals surface area contributed by atoms with Crippen LogP contribution in [0.2, 0.25) is 0 Å². The lowest BCUT2D eigenvalue weighted by molar-refractivity contribution is 0.102. The molecule has 6 nitrogen and oxygen atoms in total. The smallest absolute Gasteiger partial charge is 0.257 e. The number of ether oxygens (including phenoxy) is 2. The monoisotopic (exact) mass is 413 g/mol. The van der Waals surface area contributed by atoms with Gasteiger partial charge >= 0.3 is 0 Å². The number of aromatic nitrogens is 2. The lowest BCUT2D eigenvalue weighted by Crippen LogP contribution is -2.14. The number of amides is 1. The fourth-order valence-electron chi connectivity index (χ4n) is 3.33. The minimum Gasteiger partial charge on any atom is -0.493 e. The predicted octanol–water partition coefficient (Wildman–Crippen LogP) is 5.09. The van der Waals surface area contributed by atoms with Crippen LogP contribution in [0, 0.1) is 13.8 Å². The van der Waals surface area contributed by atoms with Crippen molar-refractivity contribution in [3.63, 3.8) is 0 Å². The number of benzene rings is 2. The number of aryl methyl sites for hydroxylation is 2. The molecule has 0 aliphatic carbocycles. The molecule has 0 atom stereocenters. The molecule has 1 amide bonds. The van der Waals surface area contributed by atoms with E-state index < -0.39 is 0 Å². The van der Waals surface area contributed by atoms with Gasteiger partial charge in [0, 0.05) is 29.5 Å². The van der Waals surface area contributed by atoms with Gasteiger partial charge in [-0.3, -0.25) is 14.8 Å². The van der Waals surface area contributed by atoms with E-state index in [1.807, 2.05) is 50.2 Å². The third kappa shape index (κ3) is 4.64. The normalized spacial score (nSPS) is 10.7. The van der Waals surface area contributed by atoms with Crippen molar-refractivity contribution in [3.05, 3.63) is 89.4 Å². The number of rotatable bonds is 6. The van der Waals surface area contributed by atoms with E-state index in [9.17, 15) is 4.79 Å². The van der Waals surface area contributed by atoms with Crippen molar-refractivity contribution in [2.75, 3.05) is 12.4 Å². The predicted molar refractivity (Wildman–Crippen MR) is 121 cm³/mol. The Bertz CT molecular complexity index is 1240. The Hall–Kier alpha value is -3.93. The second kappa shape index (κ2) is 8.83. The number of carbonyl (C=O) groups excluding carboxylic acids is 1. The Morgan fingerprint density at radius 1 is 0.968 bits per heavy atom. The molecule has 0 saturated heterocycles. The molecule has 0 radical (unpaired) electrons. The molecule has 6 heteroatoms. The number of hydrogen-bond donors (Lipinski definition) is 1. The Morgan fingerprint density at radius 2 is 1.77 bits per heavy atom. The number of anilines is 1. The van der Waals surface area contributed by atoms with Crippen LogP contribution in [0.1, 0.15) is 27.2 Å². The maximum absolute atomic E-state index is 13.0. The van der Waals surface area contributed by atoms with Crippen molar-refractivity contribution in [1.82, 2.24) is 9.97 Å². The van der Waals surface area contributed by atoms with Crippen LogP contribution in [0.4, 0.5) is 5.69 Å². The van der Waals surface area contributed by atoms with Gasteiger partial charge in [0.15, 0.2) is 11.5 Å². The zero-order chi connectivity index (χ0) is 21.8. The summed E-state index contributed by atoms with van der Waals surface area (Å²) >= 11 is 0. The summed E-state index contributed by atoms with van der Waals surface area (Å²) in [6.07, 6.45) is 3.43. The molecule has 0 spiro atoms. The summed E-state index contributed by atoms with van der Waals surface area (Å²) in [7, 11) is 1.58. The molecule has 31 heavy (non-hydrogen) atoms. The first-order chi connectivity index (χ1) is 15.0. The summed E-state index contributed by atoms with van der Waals surface area (Å²) in [5.41, 5.74) is 4.80. The van der Waals surface area contributed by atoms with Gasteiger partial charge in [-0.1, -0.05) is 11.6 Å².